The third-order valence-electron chi connectivity index (χ3n) is 2.68. The van der Waals surface area contributed by atoms with Crippen molar-refractivity contribution in [2.24, 2.45) is 5.73 Å². The van der Waals surface area contributed by atoms with Crippen molar-refractivity contribution in [2.45, 2.75) is 12.5 Å². The number of anilines is 1. The number of fused-ring (bicyclic) bond motifs is 1. The highest BCUT2D eigenvalue weighted by Gasteiger charge is 2.19. The second-order valence-corrected chi connectivity index (χ2v) is 4.01. The van der Waals surface area contributed by atoms with E-state index in [0.29, 0.717) is 5.69 Å². The van der Waals surface area contributed by atoms with Crippen LogP contribution in [0.3, 0.4) is 0 Å². The SMILES string of the molecule is NC(CCNc1ccc([N+](=O)[O-])c2nonc12)C(=O)O. The predicted molar refractivity (Wildman–Crippen MR) is 67.2 cm³/mol. The molecule has 0 aliphatic rings. The molecular formula is C10H11N5O5. The number of carboxylic acids is 1. The number of carbonyl (C=O) groups is 1. The molecule has 106 valence electrons. The number of aliphatic carboxylic acids is 1. The number of rotatable bonds is 6. The molecule has 0 bridgehead atoms. The van der Waals surface area contributed by atoms with Gasteiger partial charge in [-0.25, -0.2) is 4.63 Å². The van der Waals surface area contributed by atoms with E-state index in [9.17, 15) is 14.9 Å². The van der Waals surface area contributed by atoms with Crippen LogP contribution in [0.4, 0.5) is 11.4 Å². The number of nitrogens with one attached hydrogen (secondary N) is 1. The Morgan fingerprint density at radius 1 is 1.50 bits per heavy atom. The van der Waals surface area contributed by atoms with Gasteiger partial charge in [-0.3, -0.25) is 14.9 Å². The Balaban J connectivity index is 2.16. The average Bonchev–Trinajstić information content (AvgIpc) is 2.87. The zero-order chi connectivity index (χ0) is 14.7. The Kier molecular flexibility index (Phi) is 3.75. The van der Waals surface area contributed by atoms with Crippen molar-refractivity contribution in [1.82, 2.24) is 10.3 Å². The fourth-order valence-electron chi connectivity index (χ4n) is 1.63. The number of nitrogens with two attached hydrogens (primary N) is 1. The number of nitro groups is 1. The number of benzene rings is 1. The van der Waals surface area contributed by atoms with Gasteiger partial charge >= 0.3 is 11.7 Å². The molecule has 1 aromatic carbocycles. The van der Waals surface area contributed by atoms with E-state index in [0.717, 1.165) is 0 Å². The number of hydrogen-bond donors (Lipinski definition) is 3. The first-order chi connectivity index (χ1) is 9.50. The van der Waals surface area contributed by atoms with Crippen LogP contribution in [0.5, 0.6) is 0 Å². The van der Waals surface area contributed by atoms with Gasteiger partial charge in [-0.1, -0.05) is 0 Å². The molecule has 20 heavy (non-hydrogen) atoms. The van der Waals surface area contributed by atoms with Gasteiger partial charge in [-0.05, 0) is 22.8 Å². The summed E-state index contributed by atoms with van der Waals surface area (Å²) in [5.74, 6) is -1.09. The van der Waals surface area contributed by atoms with Gasteiger partial charge < -0.3 is 16.2 Å². The van der Waals surface area contributed by atoms with E-state index in [4.69, 9.17) is 10.8 Å². The number of hydrogen-bond acceptors (Lipinski definition) is 8. The molecule has 1 heterocycles. The zero-order valence-corrected chi connectivity index (χ0v) is 10.1. The summed E-state index contributed by atoms with van der Waals surface area (Å²) in [4.78, 5) is 20.8. The zero-order valence-electron chi connectivity index (χ0n) is 10.1. The minimum Gasteiger partial charge on any atom is -0.480 e. The van der Waals surface area contributed by atoms with E-state index in [1.54, 1.807) is 0 Å². The lowest BCUT2D eigenvalue weighted by atomic mass is 10.2. The summed E-state index contributed by atoms with van der Waals surface area (Å²) in [5, 5.41) is 29.4. The highest BCUT2D eigenvalue weighted by atomic mass is 16.6. The predicted octanol–water partition coefficient (Wildman–Crippen LogP) is 0.345. The Hall–Kier alpha value is -2.75. The quantitative estimate of drug-likeness (QED) is 0.501. The third-order valence-corrected chi connectivity index (χ3v) is 2.68. The van der Waals surface area contributed by atoms with Crippen molar-refractivity contribution in [3.8, 4) is 0 Å². The van der Waals surface area contributed by atoms with Crippen molar-refractivity contribution in [3.63, 3.8) is 0 Å². The molecule has 2 rings (SSSR count). The fourth-order valence-corrected chi connectivity index (χ4v) is 1.63. The molecule has 1 atom stereocenters. The smallest absolute Gasteiger partial charge is 0.320 e. The normalized spacial score (nSPS) is 12.2. The van der Waals surface area contributed by atoms with Crippen LogP contribution in [0.2, 0.25) is 0 Å². The van der Waals surface area contributed by atoms with Crippen molar-refractivity contribution in [3.05, 3.63) is 22.2 Å². The minimum atomic E-state index is -1.09. The summed E-state index contributed by atoms with van der Waals surface area (Å²) in [7, 11) is 0. The van der Waals surface area contributed by atoms with Crippen LogP contribution in [0.1, 0.15) is 6.42 Å². The van der Waals surface area contributed by atoms with Gasteiger partial charge in [0.15, 0.2) is 5.52 Å². The van der Waals surface area contributed by atoms with E-state index >= 15 is 0 Å². The molecule has 0 amide bonds. The number of non-ortho nitro benzene ring substituents is 1. The summed E-state index contributed by atoms with van der Waals surface area (Å²) < 4.78 is 4.50. The van der Waals surface area contributed by atoms with E-state index in [1.807, 2.05) is 0 Å². The van der Waals surface area contributed by atoms with Crippen molar-refractivity contribution in [1.29, 1.82) is 0 Å². The molecule has 0 spiro atoms. The first kappa shape index (κ1) is 13.7. The Morgan fingerprint density at radius 3 is 2.85 bits per heavy atom. The van der Waals surface area contributed by atoms with Gasteiger partial charge in [0.25, 0.3) is 0 Å². The first-order valence-electron chi connectivity index (χ1n) is 5.62. The van der Waals surface area contributed by atoms with Crippen LogP contribution in [-0.2, 0) is 4.79 Å². The molecule has 1 aromatic heterocycles. The van der Waals surface area contributed by atoms with Crippen LogP contribution < -0.4 is 11.1 Å². The summed E-state index contributed by atoms with van der Waals surface area (Å²) in [6.45, 7) is 0.271. The average molecular weight is 281 g/mol. The lowest BCUT2D eigenvalue weighted by Gasteiger charge is -2.08. The number of nitrogens with zero attached hydrogens (tertiary/aromatic N) is 3. The van der Waals surface area contributed by atoms with Crippen LogP contribution in [0, 0.1) is 10.1 Å². The lowest BCUT2D eigenvalue weighted by Crippen LogP contribution is -2.32. The van der Waals surface area contributed by atoms with Gasteiger partial charge in [-0.15, -0.1) is 0 Å². The largest absolute Gasteiger partial charge is 0.480 e. The Morgan fingerprint density at radius 2 is 2.20 bits per heavy atom. The highest BCUT2D eigenvalue weighted by Crippen LogP contribution is 2.28. The lowest BCUT2D eigenvalue weighted by molar-refractivity contribution is -0.383. The van der Waals surface area contributed by atoms with Crippen LogP contribution in [0.25, 0.3) is 11.0 Å². The van der Waals surface area contributed by atoms with E-state index < -0.39 is 16.9 Å². The van der Waals surface area contributed by atoms with Crippen LogP contribution >= 0.6 is 0 Å². The van der Waals surface area contributed by atoms with Gasteiger partial charge in [0.05, 0.1) is 10.6 Å². The van der Waals surface area contributed by atoms with Crippen molar-refractivity contribution >= 4 is 28.4 Å². The van der Waals surface area contributed by atoms with Gasteiger partial charge in [-0.2, -0.15) is 0 Å². The Bertz CT molecular complexity index is 655. The maximum Gasteiger partial charge on any atom is 0.320 e. The van der Waals surface area contributed by atoms with Crippen LogP contribution in [0.15, 0.2) is 16.8 Å². The minimum absolute atomic E-state index is 0.0301. The van der Waals surface area contributed by atoms with Gasteiger partial charge in [0.1, 0.15) is 6.04 Å². The molecule has 0 saturated heterocycles. The molecule has 0 aliphatic heterocycles. The molecule has 10 heteroatoms. The topological polar surface area (TPSA) is 157 Å². The van der Waals surface area contributed by atoms with E-state index in [1.165, 1.54) is 12.1 Å². The summed E-state index contributed by atoms with van der Waals surface area (Å²) in [6, 6.07) is 1.75. The fraction of sp³-hybridized carbons (Fsp3) is 0.300. The number of carboxylic acid groups (broad SMARTS) is 1. The molecule has 4 N–H and O–H groups in total. The molecule has 0 fully saturated rings. The summed E-state index contributed by atoms with van der Waals surface area (Å²) in [6.07, 6.45) is 0.194. The number of aromatic nitrogens is 2. The maximum absolute atomic E-state index is 10.8. The van der Waals surface area contributed by atoms with E-state index in [-0.39, 0.29) is 29.7 Å². The Labute approximate surface area is 111 Å². The number of nitro benzene ring substituents is 1. The molecule has 0 aliphatic carbocycles. The summed E-state index contributed by atoms with van der Waals surface area (Å²) in [5.41, 5.74) is 5.85. The molecule has 0 radical (unpaired) electrons. The van der Waals surface area contributed by atoms with E-state index in [2.05, 4.69) is 20.3 Å². The van der Waals surface area contributed by atoms with Gasteiger partial charge in [0, 0.05) is 12.6 Å². The van der Waals surface area contributed by atoms with Crippen LogP contribution in [-0.4, -0.2) is 38.9 Å². The standard InChI is InChI=1S/C10H11N5O5/c11-5(10(16)17)3-4-12-6-1-2-7(15(18)19)9-8(6)13-20-14-9/h1-2,5,12H,3-4,11H2,(H,16,17). The molecule has 10 nitrogen and oxygen atoms in total. The molecule has 2 aromatic rings. The second kappa shape index (κ2) is 5.48. The molecular weight excluding hydrogens is 270 g/mol. The highest BCUT2D eigenvalue weighted by molar-refractivity contribution is 5.93. The third kappa shape index (κ3) is 2.64. The monoisotopic (exact) mass is 281 g/mol. The van der Waals surface area contributed by atoms with Gasteiger partial charge in [0.2, 0.25) is 5.52 Å². The second-order valence-electron chi connectivity index (χ2n) is 4.01. The molecule has 0 saturated carbocycles. The van der Waals surface area contributed by atoms with Crippen molar-refractivity contribution in [2.75, 3.05) is 11.9 Å². The van der Waals surface area contributed by atoms with Crippen molar-refractivity contribution < 1.29 is 19.5 Å². The first-order valence-corrected chi connectivity index (χ1v) is 5.62. The summed E-state index contributed by atoms with van der Waals surface area (Å²) >= 11 is 0. The maximum atomic E-state index is 10.8. The molecule has 1 unspecified atom stereocenters.